The summed E-state index contributed by atoms with van der Waals surface area (Å²) in [5.74, 6) is 1.45. The Labute approximate surface area is 141 Å². The van der Waals surface area contributed by atoms with Crippen molar-refractivity contribution in [1.29, 1.82) is 0 Å². The second-order valence-corrected chi connectivity index (χ2v) is 5.85. The average Bonchev–Trinajstić information content (AvgIpc) is 2.59. The van der Waals surface area contributed by atoms with E-state index in [-0.39, 0.29) is 11.9 Å². The number of unbranched alkanes of at least 4 members (excludes halogenated alkanes) is 1. The van der Waals surface area contributed by atoms with Gasteiger partial charge in [0, 0.05) is 31.0 Å². The van der Waals surface area contributed by atoms with Crippen molar-refractivity contribution in [2.75, 3.05) is 25.0 Å². The Kier molecular flexibility index (Phi) is 5.25. The number of aromatic nitrogens is 2. The number of rotatable bonds is 7. The lowest BCUT2D eigenvalue weighted by molar-refractivity contribution is 0.0624. The van der Waals surface area contributed by atoms with Gasteiger partial charge in [0.15, 0.2) is 0 Å². The molecule has 1 N–H and O–H groups in total. The van der Waals surface area contributed by atoms with E-state index in [0.717, 1.165) is 18.6 Å². The number of hydrogen-bond donors (Lipinski definition) is 1. The summed E-state index contributed by atoms with van der Waals surface area (Å²) < 4.78 is 5.62. The first-order valence-corrected chi connectivity index (χ1v) is 8.32. The predicted octanol–water partition coefficient (Wildman–Crippen LogP) is 2.59. The van der Waals surface area contributed by atoms with Crippen LogP contribution in [0.4, 0.5) is 5.95 Å². The number of benzene rings is 1. The van der Waals surface area contributed by atoms with Gasteiger partial charge >= 0.3 is 0 Å². The quantitative estimate of drug-likeness (QED) is 0.792. The minimum atomic E-state index is 0.0436. The van der Waals surface area contributed by atoms with E-state index >= 15 is 0 Å². The first-order chi connectivity index (χ1) is 11.8. The van der Waals surface area contributed by atoms with Crippen LogP contribution in [-0.4, -0.2) is 46.5 Å². The number of carbonyl (C=O) groups is 1. The van der Waals surface area contributed by atoms with Crippen LogP contribution in [0.5, 0.6) is 5.75 Å². The topological polar surface area (TPSA) is 67.3 Å². The third-order valence-electron chi connectivity index (χ3n) is 3.94. The maximum absolute atomic E-state index is 12.4. The molecule has 1 aliphatic rings. The Morgan fingerprint density at radius 1 is 1.25 bits per heavy atom. The van der Waals surface area contributed by atoms with Crippen LogP contribution in [0, 0.1) is 0 Å². The highest BCUT2D eigenvalue weighted by atomic mass is 16.5. The average molecular weight is 326 g/mol. The zero-order valence-electron chi connectivity index (χ0n) is 13.8. The van der Waals surface area contributed by atoms with Gasteiger partial charge in [0.05, 0.1) is 12.6 Å². The van der Waals surface area contributed by atoms with Crippen molar-refractivity contribution < 1.29 is 9.53 Å². The highest BCUT2D eigenvalue weighted by Gasteiger charge is 2.31. The molecule has 0 unspecified atom stereocenters. The van der Waals surface area contributed by atoms with E-state index in [1.807, 2.05) is 29.2 Å². The van der Waals surface area contributed by atoms with Gasteiger partial charge in [-0.05, 0) is 36.8 Å². The largest absolute Gasteiger partial charge is 0.494 e. The molecule has 1 aromatic carbocycles. The molecular weight excluding hydrogens is 304 g/mol. The normalized spacial score (nSPS) is 14.1. The minimum absolute atomic E-state index is 0.0436. The lowest BCUT2D eigenvalue weighted by Gasteiger charge is -2.39. The number of amides is 1. The first-order valence-electron chi connectivity index (χ1n) is 8.32. The molecule has 1 aliphatic heterocycles. The molecule has 6 nitrogen and oxygen atoms in total. The van der Waals surface area contributed by atoms with Gasteiger partial charge in [-0.25, -0.2) is 9.97 Å². The van der Waals surface area contributed by atoms with Crippen molar-refractivity contribution in [1.82, 2.24) is 14.9 Å². The lowest BCUT2D eigenvalue weighted by atomic mass is 10.1. The molecule has 0 aliphatic carbocycles. The fourth-order valence-corrected chi connectivity index (χ4v) is 2.50. The monoisotopic (exact) mass is 326 g/mol. The molecule has 0 atom stereocenters. The van der Waals surface area contributed by atoms with E-state index in [1.165, 1.54) is 0 Å². The number of ether oxygens (including phenoxy) is 1. The molecule has 1 saturated heterocycles. The van der Waals surface area contributed by atoms with Gasteiger partial charge in [-0.15, -0.1) is 0 Å². The van der Waals surface area contributed by atoms with Crippen LogP contribution in [0.15, 0.2) is 42.7 Å². The Morgan fingerprint density at radius 3 is 2.62 bits per heavy atom. The van der Waals surface area contributed by atoms with E-state index in [0.29, 0.717) is 31.2 Å². The third kappa shape index (κ3) is 4.01. The Balaban J connectivity index is 1.47. The molecule has 0 saturated carbocycles. The molecular formula is C18H22N4O2. The molecule has 2 aromatic rings. The molecule has 126 valence electrons. The summed E-state index contributed by atoms with van der Waals surface area (Å²) in [5, 5.41) is 3.22. The van der Waals surface area contributed by atoms with Gasteiger partial charge in [-0.3, -0.25) is 4.79 Å². The fourth-order valence-electron chi connectivity index (χ4n) is 2.50. The number of likely N-dealkylation sites (tertiary alicyclic amines) is 1. The van der Waals surface area contributed by atoms with E-state index in [1.54, 1.807) is 18.5 Å². The van der Waals surface area contributed by atoms with Crippen molar-refractivity contribution in [3.8, 4) is 5.75 Å². The maximum Gasteiger partial charge on any atom is 0.254 e. The standard InChI is InChI=1S/C18H22N4O2/c1-2-3-11-24-16-7-5-14(6-8-16)17(23)22-12-15(13-22)21-18-19-9-4-10-20-18/h4-10,15H,2-3,11-13H2,1H3,(H,19,20,21). The first kappa shape index (κ1) is 16.2. The molecule has 0 spiro atoms. The van der Waals surface area contributed by atoms with Crippen molar-refractivity contribution in [2.24, 2.45) is 0 Å². The van der Waals surface area contributed by atoms with Crippen LogP contribution in [0.25, 0.3) is 0 Å². The molecule has 0 radical (unpaired) electrons. The van der Waals surface area contributed by atoms with Crippen molar-refractivity contribution in [3.63, 3.8) is 0 Å². The molecule has 1 fully saturated rings. The number of hydrogen-bond acceptors (Lipinski definition) is 5. The number of anilines is 1. The van der Waals surface area contributed by atoms with Crippen molar-refractivity contribution >= 4 is 11.9 Å². The van der Waals surface area contributed by atoms with Crippen molar-refractivity contribution in [2.45, 2.75) is 25.8 Å². The van der Waals surface area contributed by atoms with Crippen LogP contribution in [0.3, 0.4) is 0 Å². The van der Waals surface area contributed by atoms with Gasteiger partial charge in [-0.1, -0.05) is 13.3 Å². The minimum Gasteiger partial charge on any atom is -0.494 e. The van der Waals surface area contributed by atoms with Gasteiger partial charge < -0.3 is 15.0 Å². The number of carbonyl (C=O) groups excluding carboxylic acids is 1. The number of nitrogens with one attached hydrogen (secondary N) is 1. The summed E-state index contributed by atoms with van der Waals surface area (Å²) in [7, 11) is 0. The maximum atomic E-state index is 12.4. The smallest absolute Gasteiger partial charge is 0.254 e. The fraction of sp³-hybridized carbons (Fsp3) is 0.389. The van der Waals surface area contributed by atoms with E-state index < -0.39 is 0 Å². The Morgan fingerprint density at radius 2 is 1.96 bits per heavy atom. The highest BCUT2D eigenvalue weighted by Crippen LogP contribution is 2.18. The highest BCUT2D eigenvalue weighted by molar-refractivity contribution is 5.95. The molecule has 24 heavy (non-hydrogen) atoms. The second-order valence-electron chi connectivity index (χ2n) is 5.85. The molecule has 3 rings (SSSR count). The van der Waals surface area contributed by atoms with Crippen LogP contribution >= 0.6 is 0 Å². The Hall–Kier alpha value is -2.63. The summed E-state index contributed by atoms with van der Waals surface area (Å²) >= 11 is 0. The third-order valence-corrected chi connectivity index (χ3v) is 3.94. The lowest BCUT2D eigenvalue weighted by Crippen LogP contribution is -2.57. The van der Waals surface area contributed by atoms with E-state index in [9.17, 15) is 4.79 Å². The van der Waals surface area contributed by atoms with Gasteiger partial charge in [0.25, 0.3) is 5.91 Å². The second kappa shape index (κ2) is 7.77. The van der Waals surface area contributed by atoms with E-state index in [2.05, 4.69) is 22.2 Å². The van der Waals surface area contributed by atoms with Crippen LogP contribution < -0.4 is 10.1 Å². The summed E-state index contributed by atoms with van der Waals surface area (Å²) in [4.78, 5) is 22.5. The van der Waals surface area contributed by atoms with Gasteiger partial charge in [0.2, 0.25) is 5.95 Å². The number of nitrogens with zero attached hydrogens (tertiary/aromatic N) is 3. The molecule has 2 heterocycles. The summed E-state index contributed by atoms with van der Waals surface area (Å²) in [6.07, 6.45) is 5.53. The van der Waals surface area contributed by atoms with Crippen LogP contribution in [-0.2, 0) is 0 Å². The predicted molar refractivity (Wildman–Crippen MR) is 92.2 cm³/mol. The summed E-state index contributed by atoms with van der Waals surface area (Å²) in [6.45, 7) is 4.16. The SMILES string of the molecule is CCCCOc1ccc(C(=O)N2CC(Nc3ncccn3)C2)cc1. The zero-order valence-corrected chi connectivity index (χ0v) is 13.8. The molecule has 0 bridgehead atoms. The van der Waals surface area contributed by atoms with Gasteiger partial charge in [0.1, 0.15) is 5.75 Å². The van der Waals surface area contributed by atoms with Crippen LogP contribution in [0.2, 0.25) is 0 Å². The Bertz CT molecular complexity index is 654. The van der Waals surface area contributed by atoms with Crippen molar-refractivity contribution in [3.05, 3.63) is 48.3 Å². The summed E-state index contributed by atoms with van der Waals surface area (Å²) in [5.41, 5.74) is 0.687. The summed E-state index contributed by atoms with van der Waals surface area (Å²) in [6, 6.07) is 9.34. The molecule has 6 heteroatoms. The zero-order chi connectivity index (χ0) is 16.8. The molecule has 1 aromatic heterocycles. The van der Waals surface area contributed by atoms with Gasteiger partial charge in [-0.2, -0.15) is 0 Å². The molecule has 1 amide bonds. The van der Waals surface area contributed by atoms with E-state index in [4.69, 9.17) is 4.74 Å². The van der Waals surface area contributed by atoms with Crippen LogP contribution in [0.1, 0.15) is 30.1 Å².